The van der Waals surface area contributed by atoms with Gasteiger partial charge in [-0.3, -0.25) is 0 Å². The molecule has 0 atom stereocenters. The van der Waals surface area contributed by atoms with Crippen LogP contribution in [0.4, 0.5) is 0 Å². The van der Waals surface area contributed by atoms with Gasteiger partial charge in [-0.25, -0.2) is 4.98 Å². The molecule has 0 bridgehead atoms. The molecule has 0 amide bonds. The summed E-state index contributed by atoms with van der Waals surface area (Å²) in [6, 6.07) is 1.70. The van der Waals surface area contributed by atoms with Crippen LogP contribution in [0.25, 0.3) is 0 Å². The molecule has 2 heterocycles. The van der Waals surface area contributed by atoms with Gasteiger partial charge in [0.2, 0.25) is 0 Å². The Balaban J connectivity index is 2.38. The summed E-state index contributed by atoms with van der Waals surface area (Å²) in [5, 5.41) is 0.361. The van der Waals surface area contributed by atoms with Crippen molar-refractivity contribution in [1.29, 1.82) is 0 Å². The Hall–Kier alpha value is -0.905. The number of aromatic nitrogens is 1. The number of carbonyl (C=O) groups is 1. The number of hydrogen-bond donors (Lipinski definition) is 0. The molecule has 1 aliphatic heterocycles. The average molecular weight is 282 g/mol. The maximum atomic E-state index is 10.7. The molecule has 6 heteroatoms. The molecule has 2 rings (SSSR count). The first-order chi connectivity index (χ1) is 8.77. The van der Waals surface area contributed by atoms with Crippen LogP contribution in [0.3, 0.4) is 0 Å². The third-order valence-corrected chi connectivity index (χ3v) is 4.01. The third kappa shape index (κ3) is 2.68. The Morgan fingerprint density at radius 1 is 1.32 bits per heavy atom. The first-order valence-corrected chi connectivity index (χ1v) is 6.58. The van der Waals surface area contributed by atoms with Gasteiger partial charge in [0, 0.05) is 12.6 Å². The van der Waals surface area contributed by atoms with Gasteiger partial charge in [-0.15, -0.1) is 0 Å². The van der Waals surface area contributed by atoms with Crippen molar-refractivity contribution in [2.24, 2.45) is 0 Å². The van der Waals surface area contributed by atoms with Crippen LogP contribution >= 0.6 is 11.6 Å². The van der Waals surface area contributed by atoms with Crippen molar-refractivity contribution in [3.05, 3.63) is 23.0 Å². The van der Waals surface area contributed by atoms with E-state index >= 15 is 0 Å². The lowest BCUT2D eigenvalue weighted by molar-refractivity contribution is -0.107. The van der Waals surface area contributed by atoms with Crippen molar-refractivity contribution >= 4 is 30.5 Å². The summed E-state index contributed by atoms with van der Waals surface area (Å²) in [6.07, 6.45) is 2.69. The maximum absolute atomic E-state index is 10.7. The van der Waals surface area contributed by atoms with Gasteiger partial charge in [0.1, 0.15) is 11.4 Å². The monoisotopic (exact) mass is 281 g/mol. The van der Waals surface area contributed by atoms with Crippen LogP contribution < -0.4 is 5.46 Å². The second kappa shape index (κ2) is 4.89. The van der Waals surface area contributed by atoms with Crippen molar-refractivity contribution in [1.82, 2.24) is 4.98 Å². The van der Waals surface area contributed by atoms with Crippen LogP contribution in [0, 0.1) is 0 Å². The predicted octanol–water partition coefficient (Wildman–Crippen LogP) is 1.78. The first-order valence-electron chi connectivity index (χ1n) is 6.20. The predicted molar refractivity (Wildman–Crippen MR) is 74.7 cm³/mol. The minimum Gasteiger partial charge on any atom is -0.399 e. The highest BCUT2D eigenvalue weighted by atomic mass is 35.5. The first kappa shape index (κ1) is 14.5. The van der Waals surface area contributed by atoms with E-state index in [9.17, 15) is 4.79 Å². The number of carbonyl (C=O) groups excluding carboxylic acids is 1. The lowest BCUT2D eigenvalue weighted by atomic mass is 9.76. The normalized spacial score (nSPS) is 20.6. The van der Waals surface area contributed by atoms with Crippen LogP contribution in [-0.4, -0.2) is 29.6 Å². The summed E-state index contributed by atoms with van der Waals surface area (Å²) in [5.41, 5.74) is 0.696. The number of rotatable bonds is 3. The molecule has 0 radical (unpaired) electrons. The van der Waals surface area contributed by atoms with Gasteiger partial charge >= 0.3 is 7.12 Å². The van der Waals surface area contributed by atoms with Gasteiger partial charge in [-0.05, 0) is 44.8 Å². The number of hydrogen-bond acceptors (Lipinski definition) is 4. The molecule has 1 aromatic rings. The smallest absolute Gasteiger partial charge is 0.399 e. The van der Waals surface area contributed by atoms with Gasteiger partial charge in [-0.2, -0.15) is 0 Å². The molecule has 0 aliphatic carbocycles. The fourth-order valence-corrected chi connectivity index (χ4v) is 2.09. The highest BCUT2D eigenvalue weighted by molar-refractivity contribution is 6.63. The quantitative estimate of drug-likeness (QED) is 0.481. The minimum atomic E-state index is -0.527. The zero-order valence-corrected chi connectivity index (χ0v) is 12.3. The summed E-state index contributed by atoms with van der Waals surface area (Å²) in [5.74, 6) is 0. The van der Waals surface area contributed by atoms with Gasteiger partial charge in [0.15, 0.2) is 0 Å². The average Bonchev–Trinajstić information content (AvgIpc) is 2.51. The lowest BCUT2D eigenvalue weighted by Crippen LogP contribution is -2.41. The Morgan fingerprint density at radius 2 is 1.89 bits per heavy atom. The van der Waals surface area contributed by atoms with Crippen molar-refractivity contribution in [2.45, 2.75) is 45.3 Å². The van der Waals surface area contributed by atoms with Crippen molar-refractivity contribution in [2.75, 3.05) is 0 Å². The zero-order chi connectivity index (χ0) is 14.3. The van der Waals surface area contributed by atoms with Gasteiger partial charge in [0.25, 0.3) is 0 Å². The van der Waals surface area contributed by atoms with Crippen LogP contribution in [0.2, 0.25) is 5.15 Å². The van der Waals surface area contributed by atoms with E-state index in [1.54, 1.807) is 12.3 Å². The summed E-state index contributed by atoms with van der Waals surface area (Å²) in [6.45, 7) is 7.93. The zero-order valence-electron chi connectivity index (χ0n) is 11.6. The molecule has 1 aromatic heterocycles. The number of halogens is 1. The molecule has 1 saturated heterocycles. The largest absolute Gasteiger partial charge is 0.495 e. The maximum Gasteiger partial charge on any atom is 0.495 e. The van der Waals surface area contributed by atoms with Gasteiger partial charge in [-0.1, -0.05) is 11.6 Å². The molecule has 1 aliphatic rings. The molecule has 102 valence electrons. The lowest BCUT2D eigenvalue weighted by Gasteiger charge is -2.32. The second-order valence-corrected chi connectivity index (χ2v) is 6.05. The number of pyridine rings is 1. The minimum absolute atomic E-state index is 0.267. The SMILES string of the molecule is CC1(C)OB(c2cc(Cl)ncc2CC=O)OC1(C)C. The number of nitrogens with zero attached hydrogens (tertiary/aromatic N) is 1. The molecule has 0 spiro atoms. The molecule has 0 aromatic carbocycles. The Labute approximate surface area is 118 Å². The fourth-order valence-electron chi connectivity index (χ4n) is 1.92. The van der Waals surface area contributed by atoms with Gasteiger partial charge in [0.05, 0.1) is 11.2 Å². The second-order valence-electron chi connectivity index (χ2n) is 5.66. The van der Waals surface area contributed by atoms with Crippen LogP contribution in [-0.2, 0) is 20.5 Å². The molecular formula is C13H17BClNO3. The van der Waals surface area contributed by atoms with E-state index in [-0.39, 0.29) is 6.42 Å². The van der Waals surface area contributed by atoms with Crippen molar-refractivity contribution in [3.63, 3.8) is 0 Å². The van der Waals surface area contributed by atoms with E-state index in [1.807, 2.05) is 27.7 Å². The van der Waals surface area contributed by atoms with E-state index in [0.29, 0.717) is 5.15 Å². The van der Waals surface area contributed by atoms with E-state index in [2.05, 4.69) is 4.98 Å². The van der Waals surface area contributed by atoms with E-state index in [0.717, 1.165) is 17.3 Å². The van der Waals surface area contributed by atoms with Crippen molar-refractivity contribution < 1.29 is 14.1 Å². The van der Waals surface area contributed by atoms with E-state index < -0.39 is 18.3 Å². The highest BCUT2D eigenvalue weighted by Crippen LogP contribution is 2.36. The molecule has 4 nitrogen and oxygen atoms in total. The summed E-state index contributed by atoms with van der Waals surface area (Å²) >= 11 is 5.93. The standard InChI is InChI=1S/C13H17BClNO3/c1-12(2)13(3,4)19-14(18-12)10-7-11(15)16-8-9(10)5-6-17/h6-8H,5H2,1-4H3. The highest BCUT2D eigenvalue weighted by Gasteiger charge is 2.52. The van der Waals surface area contributed by atoms with Crippen molar-refractivity contribution in [3.8, 4) is 0 Å². The molecular weight excluding hydrogens is 264 g/mol. The summed E-state index contributed by atoms with van der Waals surface area (Å²) < 4.78 is 11.9. The van der Waals surface area contributed by atoms with Crippen LogP contribution in [0.5, 0.6) is 0 Å². The Morgan fingerprint density at radius 3 is 2.42 bits per heavy atom. The topological polar surface area (TPSA) is 48.4 Å². The summed E-state index contributed by atoms with van der Waals surface area (Å²) in [7, 11) is -0.527. The Bertz CT molecular complexity index is 489. The molecule has 1 fully saturated rings. The van der Waals surface area contributed by atoms with Crippen LogP contribution in [0.1, 0.15) is 33.3 Å². The van der Waals surface area contributed by atoms with Crippen LogP contribution in [0.15, 0.2) is 12.3 Å². The number of aldehydes is 1. The van der Waals surface area contributed by atoms with E-state index in [4.69, 9.17) is 20.9 Å². The fraction of sp³-hybridized carbons (Fsp3) is 0.538. The molecule has 19 heavy (non-hydrogen) atoms. The Kier molecular flexibility index (Phi) is 3.73. The molecule has 0 N–H and O–H groups in total. The van der Waals surface area contributed by atoms with E-state index in [1.165, 1.54) is 0 Å². The van der Waals surface area contributed by atoms with Gasteiger partial charge < -0.3 is 14.1 Å². The summed E-state index contributed by atoms with van der Waals surface area (Å²) in [4.78, 5) is 14.7. The third-order valence-electron chi connectivity index (χ3n) is 3.80. The molecule has 0 unspecified atom stereocenters. The molecule has 0 saturated carbocycles.